The lowest BCUT2D eigenvalue weighted by Gasteiger charge is -2.46. The van der Waals surface area contributed by atoms with Crippen LogP contribution in [-0.4, -0.2) is 70.0 Å². The van der Waals surface area contributed by atoms with Crippen LogP contribution in [0.25, 0.3) is 0 Å². The third-order valence-corrected chi connectivity index (χ3v) is 6.37. The molecule has 4 N–H and O–H groups in total. The number of aliphatic hydroxyl groups is 2. The number of amides is 1. The van der Waals surface area contributed by atoms with Crippen molar-refractivity contribution in [3.05, 3.63) is 0 Å². The van der Waals surface area contributed by atoms with Crippen molar-refractivity contribution in [2.75, 3.05) is 26.3 Å². The first-order valence-electron chi connectivity index (χ1n) is 9.41. The summed E-state index contributed by atoms with van der Waals surface area (Å²) in [5.74, 6) is 1.26. The number of fused-ring (bicyclic) bond motifs is 1. The van der Waals surface area contributed by atoms with Gasteiger partial charge in [-0.05, 0) is 58.3 Å². The van der Waals surface area contributed by atoms with Gasteiger partial charge >= 0.3 is 0 Å². The first-order chi connectivity index (χ1) is 12.0. The quantitative estimate of drug-likeness (QED) is 0.542. The third-order valence-electron chi connectivity index (χ3n) is 6.37. The second-order valence-electron chi connectivity index (χ2n) is 9.54. The fraction of sp³-hybridized carbons (Fsp3) is 0.895. The molecule has 0 aromatic heterocycles. The number of carboxylic acid groups (broad SMARTS) is 1. The van der Waals surface area contributed by atoms with Crippen LogP contribution in [0.5, 0.6) is 0 Å². The summed E-state index contributed by atoms with van der Waals surface area (Å²) in [5.41, 5.74) is -0.166. The van der Waals surface area contributed by atoms with Gasteiger partial charge in [0.25, 0.3) is 6.47 Å². The Morgan fingerprint density at radius 2 is 1.50 bits per heavy atom. The molecule has 7 nitrogen and oxygen atoms in total. The second-order valence-corrected chi connectivity index (χ2v) is 9.54. The van der Waals surface area contributed by atoms with Gasteiger partial charge in [0.1, 0.15) is 0 Å². The molecule has 0 bridgehead atoms. The summed E-state index contributed by atoms with van der Waals surface area (Å²) in [5, 5.41) is 29.5. The highest BCUT2D eigenvalue weighted by molar-refractivity contribution is 5.77. The summed E-state index contributed by atoms with van der Waals surface area (Å²) >= 11 is 0. The van der Waals surface area contributed by atoms with Crippen LogP contribution in [0.2, 0.25) is 0 Å². The molecule has 0 aromatic carbocycles. The number of rotatable bonds is 4. The molecule has 3 aliphatic rings. The topological polar surface area (TPSA) is 110 Å². The zero-order valence-electron chi connectivity index (χ0n) is 16.4. The fourth-order valence-corrected chi connectivity index (χ4v) is 5.61. The Balaban J connectivity index is 0.000000758. The van der Waals surface area contributed by atoms with Crippen molar-refractivity contribution < 1.29 is 24.9 Å². The second kappa shape index (κ2) is 7.44. The van der Waals surface area contributed by atoms with Crippen molar-refractivity contribution in [2.45, 2.75) is 58.0 Å². The van der Waals surface area contributed by atoms with Gasteiger partial charge in [-0.2, -0.15) is 0 Å². The van der Waals surface area contributed by atoms with E-state index in [0.29, 0.717) is 37.3 Å². The Hall–Kier alpha value is -1.18. The van der Waals surface area contributed by atoms with Gasteiger partial charge in [-0.1, -0.05) is 0 Å². The Morgan fingerprint density at radius 1 is 1.08 bits per heavy atom. The summed E-state index contributed by atoms with van der Waals surface area (Å²) in [4.78, 5) is 23.0. The van der Waals surface area contributed by atoms with Crippen molar-refractivity contribution in [3.8, 4) is 0 Å². The maximum Gasteiger partial charge on any atom is 0.290 e. The first-order valence-corrected chi connectivity index (χ1v) is 9.41. The maximum absolute atomic E-state index is 12.7. The molecule has 2 unspecified atom stereocenters. The zero-order chi connectivity index (χ0) is 19.8. The van der Waals surface area contributed by atoms with E-state index < -0.39 is 0 Å². The van der Waals surface area contributed by atoms with Gasteiger partial charge < -0.3 is 25.5 Å². The van der Waals surface area contributed by atoms with E-state index in [1.54, 1.807) is 0 Å². The molecule has 1 aliphatic carbocycles. The van der Waals surface area contributed by atoms with E-state index in [1.165, 1.54) is 0 Å². The number of nitrogens with one attached hydrogen (secondary N) is 1. The van der Waals surface area contributed by atoms with Crippen molar-refractivity contribution in [3.63, 3.8) is 0 Å². The molecule has 1 amide bonds. The van der Waals surface area contributed by atoms with Crippen molar-refractivity contribution in [1.29, 1.82) is 0 Å². The molecule has 0 spiro atoms. The van der Waals surface area contributed by atoms with Crippen LogP contribution in [0.3, 0.4) is 0 Å². The van der Waals surface area contributed by atoms with Gasteiger partial charge in [0.15, 0.2) is 0 Å². The molecule has 3 rings (SSSR count). The van der Waals surface area contributed by atoms with Crippen molar-refractivity contribution in [2.24, 2.45) is 23.2 Å². The van der Waals surface area contributed by atoms with Gasteiger partial charge in [0.2, 0.25) is 5.91 Å². The minimum absolute atomic E-state index is 0.0392. The van der Waals surface area contributed by atoms with E-state index in [4.69, 9.17) is 9.90 Å². The lowest BCUT2D eigenvalue weighted by molar-refractivity contribution is -0.133. The number of carbonyl (C=O) groups excluding carboxylic acids is 1. The number of carbonyl (C=O) groups is 2. The molecule has 2 heterocycles. The molecule has 1 saturated carbocycles. The number of nitrogens with zero attached hydrogens (tertiary/aromatic N) is 1. The van der Waals surface area contributed by atoms with Crippen molar-refractivity contribution >= 4 is 12.4 Å². The summed E-state index contributed by atoms with van der Waals surface area (Å²) in [6, 6.07) is 0. The molecule has 26 heavy (non-hydrogen) atoms. The molecule has 0 radical (unpaired) electrons. The lowest BCUT2D eigenvalue weighted by atomic mass is 9.74. The minimum atomic E-state index is -0.310. The number of piperidine rings is 2. The number of likely N-dealkylation sites (tertiary alicyclic amines) is 1. The lowest BCUT2D eigenvalue weighted by Crippen LogP contribution is -2.58. The maximum atomic E-state index is 12.7. The minimum Gasteiger partial charge on any atom is -0.483 e. The van der Waals surface area contributed by atoms with E-state index in [0.717, 1.165) is 12.8 Å². The van der Waals surface area contributed by atoms with Gasteiger partial charge in [-0.25, -0.2) is 0 Å². The molecule has 3 fully saturated rings. The van der Waals surface area contributed by atoms with Gasteiger partial charge in [0.05, 0.1) is 13.2 Å². The third kappa shape index (κ3) is 4.21. The normalized spacial score (nSPS) is 30.8. The highest BCUT2D eigenvalue weighted by atomic mass is 16.3. The molecule has 2 saturated heterocycles. The predicted octanol–water partition coefficient (Wildman–Crippen LogP) is 0.693. The van der Waals surface area contributed by atoms with E-state index in [-0.39, 0.29) is 42.1 Å². The SMILES string of the molecule is CC1(C)CC(CC(=O)N2CC3C(C2)C3(CO)CO)CC(C)(C)N1.O=CO. The molecular formula is C19H34N2O5. The Bertz CT molecular complexity index is 500. The first kappa shape index (κ1) is 21.1. The Morgan fingerprint density at radius 3 is 1.88 bits per heavy atom. The van der Waals surface area contributed by atoms with E-state index in [1.807, 2.05) is 4.90 Å². The molecule has 0 aromatic rings. The van der Waals surface area contributed by atoms with E-state index in [2.05, 4.69) is 33.0 Å². The van der Waals surface area contributed by atoms with Crippen LogP contribution < -0.4 is 5.32 Å². The number of hydrogen-bond acceptors (Lipinski definition) is 5. The number of aliphatic hydroxyl groups excluding tert-OH is 2. The predicted molar refractivity (Wildman–Crippen MR) is 97.5 cm³/mol. The Kier molecular flexibility index (Phi) is 6.05. The van der Waals surface area contributed by atoms with Crippen LogP contribution in [0.4, 0.5) is 0 Å². The van der Waals surface area contributed by atoms with E-state index >= 15 is 0 Å². The summed E-state index contributed by atoms with van der Waals surface area (Å²) in [6.07, 6.45) is 2.68. The standard InChI is InChI=1S/C18H32N2O3.CH2O2/c1-16(2)6-12(7-17(3,4)19-16)5-15(23)20-8-13-14(9-20)18(13,10-21)11-22;2-1-3/h12-14,19,21-22H,5-11H2,1-4H3;1H,(H,2,3). The molecule has 2 atom stereocenters. The van der Waals surface area contributed by atoms with Gasteiger partial charge in [-0.3, -0.25) is 9.59 Å². The molecule has 150 valence electrons. The van der Waals surface area contributed by atoms with Crippen LogP contribution in [0, 0.1) is 23.2 Å². The van der Waals surface area contributed by atoms with Crippen LogP contribution >= 0.6 is 0 Å². The summed E-state index contributed by atoms with van der Waals surface area (Å²) < 4.78 is 0. The summed E-state index contributed by atoms with van der Waals surface area (Å²) in [7, 11) is 0. The molecule has 7 heteroatoms. The van der Waals surface area contributed by atoms with Crippen LogP contribution in [0.1, 0.15) is 47.0 Å². The summed E-state index contributed by atoms with van der Waals surface area (Å²) in [6.45, 7) is 10.1. The average Bonchev–Trinajstić information content (AvgIpc) is 2.86. The molecule has 2 aliphatic heterocycles. The van der Waals surface area contributed by atoms with Gasteiger partial charge in [0, 0.05) is 36.0 Å². The van der Waals surface area contributed by atoms with Gasteiger partial charge in [-0.15, -0.1) is 0 Å². The zero-order valence-corrected chi connectivity index (χ0v) is 16.4. The number of hydrogen-bond donors (Lipinski definition) is 4. The molecular weight excluding hydrogens is 336 g/mol. The monoisotopic (exact) mass is 370 g/mol. The van der Waals surface area contributed by atoms with Crippen molar-refractivity contribution in [1.82, 2.24) is 10.2 Å². The van der Waals surface area contributed by atoms with Crippen LogP contribution in [-0.2, 0) is 9.59 Å². The highest BCUT2D eigenvalue weighted by Crippen LogP contribution is 2.62. The highest BCUT2D eigenvalue weighted by Gasteiger charge is 2.68. The largest absolute Gasteiger partial charge is 0.483 e. The van der Waals surface area contributed by atoms with Crippen LogP contribution in [0.15, 0.2) is 0 Å². The smallest absolute Gasteiger partial charge is 0.290 e. The fourth-order valence-electron chi connectivity index (χ4n) is 5.61. The Labute approximate surface area is 155 Å². The van der Waals surface area contributed by atoms with E-state index in [9.17, 15) is 15.0 Å². The average molecular weight is 370 g/mol.